The smallest absolute Gasteiger partial charge is 0.0249 e. The van der Waals surface area contributed by atoms with E-state index in [1.165, 1.54) is 58.4 Å². The Labute approximate surface area is 107 Å². The maximum absolute atomic E-state index is 3.40. The zero-order valence-corrected chi connectivity index (χ0v) is 11.8. The van der Waals surface area contributed by atoms with Gasteiger partial charge in [0.05, 0.1) is 0 Å². The number of likely N-dealkylation sites (N-methyl/N-ethyl adjacent to an activating group) is 1. The van der Waals surface area contributed by atoms with E-state index in [0.29, 0.717) is 0 Å². The summed E-state index contributed by atoms with van der Waals surface area (Å²) in [5.74, 6) is 0. The lowest BCUT2D eigenvalue weighted by Crippen LogP contribution is -2.55. The van der Waals surface area contributed by atoms with Crippen molar-refractivity contribution in [2.75, 3.05) is 39.8 Å². The molecule has 1 heterocycles. The summed E-state index contributed by atoms with van der Waals surface area (Å²) in [5.41, 5.74) is 0.246. The van der Waals surface area contributed by atoms with E-state index in [-0.39, 0.29) is 5.54 Å². The summed E-state index contributed by atoms with van der Waals surface area (Å²) in [7, 11) is 2.06. The van der Waals surface area contributed by atoms with Crippen molar-refractivity contribution in [1.29, 1.82) is 0 Å². The SMILES string of the molecule is CNC(C)(C)CN1CCN(C2CCCC2)CC1. The first kappa shape index (κ1) is 13.3. The molecule has 2 rings (SSSR count). The average molecular weight is 239 g/mol. The zero-order valence-electron chi connectivity index (χ0n) is 11.8. The summed E-state index contributed by atoms with van der Waals surface area (Å²) in [6.07, 6.45) is 5.80. The molecule has 0 aromatic heterocycles. The van der Waals surface area contributed by atoms with Crippen LogP contribution in [0, 0.1) is 0 Å². The van der Waals surface area contributed by atoms with Crippen molar-refractivity contribution in [3.63, 3.8) is 0 Å². The largest absolute Gasteiger partial charge is 0.314 e. The molecule has 17 heavy (non-hydrogen) atoms. The molecule has 100 valence electrons. The van der Waals surface area contributed by atoms with Gasteiger partial charge in [0.25, 0.3) is 0 Å². The molecular weight excluding hydrogens is 210 g/mol. The fourth-order valence-corrected chi connectivity index (χ4v) is 3.19. The van der Waals surface area contributed by atoms with Crippen molar-refractivity contribution in [2.45, 2.75) is 51.1 Å². The molecule has 1 saturated carbocycles. The Balaban J connectivity index is 1.74. The van der Waals surface area contributed by atoms with Crippen molar-refractivity contribution in [3.05, 3.63) is 0 Å². The zero-order chi connectivity index (χ0) is 12.3. The summed E-state index contributed by atoms with van der Waals surface area (Å²) < 4.78 is 0. The first-order valence-electron chi connectivity index (χ1n) is 7.26. The van der Waals surface area contributed by atoms with Gasteiger partial charge >= 0.3 is 0 Å². The van der Waals surface area contributed by atoms with Gasteiger partial charge in [-0.3, -0.25) is 9.80 Å². The highest BCUT2D eigenvalue weighted by Gasteiger charge is 2.28. The molecule has 0 bridgehead atoms. The average Bonchev–Trinajstić information content (AvgIpc) is 2.83. The van der Waals surface area contributed by atoms with E-state index in [9.17, 15) is 0 Å². The summed E-state index contributed by atoms with van der Waals surface area (Å²) in [6, 6.07) is 0.912. The number of rotatable bonds is 4. The Bertz CT molecular complexity index is 226. The fourth-order valence-electron chi connectivity index (χ4n) is 3.19. The normalized spacial score (nSPS) is 25.6. The van der Waals surface area contributed by atoms with Gasteiger partial charge in [0.2, 0.25) is 0 Å². The van der Waals surface area contributed by atoms with E-state index in [1.54, 1.807) is 0 Å². The second-order valence-corrected chi connectivity index (χ2v) is 6.38. The monoisotopic (exact) mass is 239 g/mol. The third kappa shape index (κ3) is 3.67. The number of nitrogens with one attached hydrogen (secondary N) is 1. The molecular formula is C14H29N3. The molecule has 2 fully saturated rings. The number of hydrogen-bond donors (Lipinski definition) is 1. The highest BCUT2D eigenvalue weighted by molar-refractivity contribution is 4.86. The number of hydrogen-bond acceptors (Lipinski definition) is 3. The van der Waals surface area contributed by atoms with E-state index >= 15 is 0 Å². The van der Waals surface area contributed by atoms with E-state index in [1.807, 2.05) is 0 Å². The molecule has 0 aromatic rings. The molecule has 0 spiro atoms. The van der Waals surface area contributed by atoms with Gasteiger partial charge in [-0.25, -0.2) is 0 Å². The second-order valence-electron chi connectivity index (χ2n) is 6.38. The molecule has 3 heteroatoms. The molecule has 0 unspecified atom stereocenters. The van der Waals surface area contributed by atoms with Crippen LogP contribution in [-0.4, -0.2) is 61.2 Å². The Morgan fingerprint density at radius 2 is 1.65 bits per heavy atom. The lowest BCUT2D eigenvalue weighted by Gasteiger charge is -2.41. The summed E-state index contributed by atoms with van der Waals surface area (Å²) >= 11 is 0. The maximum Gasteiger partial charge on any atom is 0.0249 e. The molecule has 1 N–H and O–H groups in total. The number of piperazine rings is 1. The highest BCUT2D eigenvalue weighted by atomic mass is 15.3. The van der Waals surface area contributed by atoms with Crippen LogP contribution >= 0.6 is 0 Å². The standard InChI is InChI=1S/C14H29N3/c1-14(2,15-3)12-16-8-10-17(11-9-16)13-6-4-5-7-13/h13,15H,4-12H2,1-3H3. The van der Waals surface area contributed by atoms with Gasteiger partial charge in [-0.05, 0) is 33.7 Å². The lowest BCUT2D eigenvalue weighted by molar-refractivity contribution is 0.0827. The number of nitrogens with zero attached hydrogens (tertiary/aromatic N) is 2. The molecule has 2 aliphatic rings. The van der Waals surface area contributed by atoms with E-state index < -0.39 is 0 Å². The van der Waals surface area contributed by atoms with Gasteiger partial charge in [0.1, 0.15) is 0 Å². The van der Waals surface area contributed by atoms with Crippen molar-refractivity contribution in [2.24, 2.45) is 0 Å². The van der Waals surface area contributed by atoms with Crippen LogP contribution in [0.4, 0.5) is 0 Å². The first-order valence-corrected chi connectivity index (χ1v) is 7.26. The minimum absolute atomic E-state index is 0.246. The van der Waals surface area contributed by atoms with E-state index in [4.69, 9.17) is 0 Å². The van der Waals surface area contributed by atoms with Gasteiger partial charge in [-0.1, -0.05) is 12.8 Å². The molecule has 0 aromatic carbocycles. The van der Waals surface area contributed by atoms with Gasteiger partial charge in [0, 0.05) is 44.3 Å². The van der Waals surface area contributed by atoms with Crippen molar-refractivity contribution < 1.29 is 0 Å². The molecule has 3 nitrogen and oxygen atoms in total. The Morgan fingerprint density at radius 3 is 2.18 bits per heavy atom. The van der Waals surface area contributed by atoms with Crippen LogP contribution < -0.4 is 5.32 Å². The van der Waals surface area contributed by atoms with Gasteiger partial charge < -0.3 is 5.32 Å². The Morgan fingerprint density at radius 1 is 1.06 bits per heavy atom. The van der Waals surface area contributed by atoms with Crippen LogP contribution in [0.1, 0.15) is 39.5 Å². The van der Waals surface area contributed by atoms with Crippen LogP contribution in [0.5, 0.6) is 0 Å². The molecule has 1 aliphatic heterocycles. The second kappa shape index (κ2) is 5.68. The summed E-state index contributed by atoms with van der Waals surface area (Å²) in [6.45, 7) is 10.8. The predicted octanol–water partition coefficient (Wildman–Crippen LogP) is 1.54. The molecule has 1 aliphatic carbocycles. The van der Waals surface area contributed by atoms with E-state index in [0.717, 1.165) is 6.04 Å². The van der Waals surface area contributed by atoms with Gasteiger partial charge in [-0.15, -0.1) is 0 Å². The van der Waals surface area contributed by atoms with Crippen LogP contribution in [-0.2, 0) is 0 Å². The highest BCUT2D eigenvalue weighted by Crippen LogP contribution is 2.24. The molecule has 0 atom stereocenters. The topological polar surface area (TPSA) is 18.5 Å². The Hall–Kier alpha value is -0.120. The van der Waals surface area contributed by atoms with Crippen LogP contribution in [0.2, 0.25) is 0 Å². The summed E-state index contributed by atoms with van der Waals surface area (Å²) in [5, 5.41) is 3.40. The maximum atomic E-state index is 3.40. The first-order chi connectivity index (χ1) is 8.11. The Kier molecular flexibility index (Phi) is 4.45. The minimum Gasteiger partial charge on any atom is -0.314 e. The van der Waals surface area contributed by atoms with Crippen LogP contribution in [0.3, 0.4) is 0 Å². The predicted molar refractivity (Wildman–Crippen MR) is 73.4 cm³/mol. The quantitative estimate of drug-likeness (QED) is 0.803. The third-order valence-electron chi connectivity index (χ3n) is 4.54. The van der Waals surface area contributed by atoms with E-state index in [2.05, 4.69) is 36.0 Å². The van der Waals surface area contributed by atoms with Crippen molar-refractivity contribution >= 4 is 0 Å². The van der Waals surface area contributed by atoms with Crippen LogP contribution in [0.25, 0.3) is 0 Å². The lowest BCUT2D eigenvalue weighted by atomic mass is 10.0. The van der Waals surface area contributed by atoms with Gasteiger partial charge in [0.15, 0.2) is 0 Å². The van der Waals surface area contributed by atoms with Gasteiger partial charge in [-0.2, -0.15) is 0 Å². The van der Waals surface area contributed by atoms with Crippen molar-refractivity contribution in [1.82, 2.24) is 15.1 Å². The van der Waals surface area contributed by atoms with Crippen molar-refractivity contribution in [3.8, 4) is 0 Å². The third-order valence-corrected chi connectivity index (χ3v) is 4.54. The molecule has 0 amide bonds. The molecule has 1 saturated heterocycles. The minimum atomic E-state index is 0.246. The van der Waals surface area contributed by atoms with Crippen LogP contribution in [0.15, 0.2) is 0 Å². The molecule has 0 radical (unpaired) electrons. The fraction of sp³-hybridized carbons (Fsp3) is 1.00. The summed E-state index contributed by atoms with van der Waals surface area (Å²) in [4.78, 5) is 5.35.